The molecule has 1 aliphatic rings. The lowest BCUT2D eigenvalue weighted by atomic mass is 9.96. The molecule has 1 atom stereocenters. The van der Waals surface area contributed by atoms with Gasteiger partial charge in [0.25, 0.3) is 5.91 Å². The van der Waals surface area contributed by atoms with Gasteiger partial charge < -0.3 is 9.88 Å². The van der Waals surface area contributed by atoms with Crippen LogP contribution in [0.25, 0.3) is 22.3 Å². The Balaban J connectivity index is 1.45. The zero-order valence-corrected chi connectivity index (χ0v) is 14.7. The van der Waals surface area contributed by atoms with E-state index in [4.69, 9.17) is 0 Å². The topological polar surface area (TPSA) is 103 Å². The van der Waals surface area contributed by atoms with Crippen molar-refractivity contribution in [2.75, 3.05) is 6.54 Å². The molecule has 27 heavy (non-hydrogen) atoms. The second-order valence-electron chi connectivity index (χ2n) is 6.70. The third-order valence-corrected chi connectivity index (χ3v) is 5.09. The fourth-order valence-electron chi connectivity index (χ4n) is 3.51. The molecule has 0 aromatic carbocycles. The van der Waals surface area contributed by atoms with Gasteiger partial charge >= 0.3 is 0 Å². The molecule has 8 nitrogen and oxygen atoms in total. The summed E-state index contributed by atoms with van der Waals surface area (Å²) in [4.78, 5) is 22.6. The van der Waals surface area contributed by atoms with Crippen molar-refractivity contribution in [1.82, 2.24) is 35.3 Å². The van der Waals surface area contributed by atoms with Crippen molar-refractivity contribution in [2.24, 2.45) is 0 Å². The lowest BCUT2D eigenvalue weighted by molar-refractivity contribution is 0.0454. The summed E-state index contributed by atoms with van der Waals surface area (Å²) in [5.41, 5.74) is 4.98. The number of nitrogens with one attached hydrogen (secondary N) is 2. The Bertz CT molecular complexity index is 1130. The van der Waals surface area contributed by atoms with Crippen molar-refractivity contribution in [3.8, 4) is 11.3 Å². The highest BCUT2D eigenvalue weighted by Crippen LogP contribution is 2.34. The summed E-state index contributed by atoms with van der Waals surface area (Å²) in [7, 11) is 0. The highest BCUT2D eigenvalue weighted by atomic mass is 16.2. The van der Waals surface area contributed by atoms with Crippen LogP contribution in [0.5, 0.6) is 0 Å². The van der Waals surface area contributed by atoms with Crippen LogP contribution in [0, 0.1) is 6.92 Å². The zero-order valence-electron chi connectivity index (χ0n) is 14.7. The minimum absolute atomic E-state index is 0.0258. The summed E-state index contributed by atoms with van der Waals surface area (Å²) in [6.45, 7) is 2.68. The number of carbonyl (C=O) groups excluding carboxylic acids is 1. The Labute approximate surface area is 154 Å². The van der Waals surface area contributed by atoms with E-state index in [0.29, 0.717) is 11.3 Å². The number of hydrogen-bond acceptors (Lipinski definition) is 5. The summed E-state index contributed by atoms with van der Waals surface area (Å²) >= 11 is 0. The molecule has 2 N–H and O–H groups in total. The van der Waals surface area contributed by atoms with Gasteiger partial charge in [-0.2, -0.15) is 15.3 Å². The molecule has 1 aliphatic heterocycles. The van der Waals surface area contributed by atoms with E-state index < -0.39 is 0 Å². The van der Waals surface area contributed by atoms with Crippen LogP contribution in [0.15, 0.2) is 42.9 Å². The number of pyridine rings is 1. The van der Waals surface area contributed by atoms with Crippen molar-refractivity contribution in [3.63, 3.8) is 0 Å². The Morgan fingerprint density at radius 3 is 2.85 bits per heavy atom. The molecule has 5 heterocycles. The van der Waals surface area contributed by atoms with Gasteiger partial charge in [-0.15, -0.1) is 0 Å². The summed E-state index contributed by atoms with van der Waals surface area (Å²) in [6, 6.07) is 7.73. The summed E-state index contributed by atoms with van der Waals surface area (Å²) in [5, 5.41) is 15.6. The molecule has 1 amide bonds. The van der Waals surface area contributed by atoms with Crippen LogP contribution < -0.4 is 0 Å². The van der Waals surface area contributed by atoms with Crippen LogP contribution in [0.1, 0.15) is 34.2 Å². The van der Waals surface area contributed by atoms with E-state index in [1.807, 2.05) is 36.1 Å². The largest absolute Gasteiger partial charge is 0.335 e. The van der Waals surface area contributed by atoms with Crippen LogP contribution in [0.2, 0.25) is 0 Å². The van der Waals surface area contributed by atoms with E-state index in [0.717, 1.165) is 40.9 Å². The van der Waals surface area contributed by atoms with Crippen LogP contribution in [0.3, 0.4) is 0 Å². The van der Waals surface area contributed by atoms with E-state index in [1.165, 1.54) is 0 Å². The van der Waals surface area contributed by atoms with Crippen molar-refractivity contribution >= 4 is 16.9 Å². The van der Waals surface area contributed by atoms with Gasteiger partial charge in [0, 0.05) is 29.4 Å². The Kier molecular flexibility index (Phi) is 3.49. The lowest BCUT2D eigenvalue weighted by Crippen LogP contribution is -2.45. The van der Waals surface area contributed by atoms with Gasteiger partial charge in [-0.1, -0.05) is 0 Å². The highest BCUT2D eigenvalue weighted by Gasteiger charge is 2.34. The Hall–Kier alpha value is -3.55. The second kappa shape index (κ2) is 6.01. The number of likely N-dealkylation sites (tertiary alicyclic amines) is 1. The first-order valence-electron chi connectivity index (χ1n) is 8.78. The van der Waals surface area contributed by atoms with Crippen molar-refractivity contribution in [1.29, 1.82) is 0 Å². The molecule has 4 aromatic rings. The summed E-state index contributed by atoms with van der Waals surface area (Å²) in [5.74, 6) is -0.0258. The fourth-order valence-corrected chi connectivity index (χ4v) is 3.51. The number of aromatic nitrogens is 6. The minimum atomic E-state index is -0.0258. The van der Waals surface area contributed by atoms with Crippen LogP contribution in [-0.4, -0.2) is 47.7 Å². The molecule has 4 aromatic heterocycles. The molecule has 0 unspecified atom stereocenters. The molecule has 134 valence electrons. The second-order valence-corrected chi connectivity index (χ2v) is 6.70. The molecule has 0 aliphatic carbocycles. The number of carbonyl (C=O) groups is 1. The van der Waals surface area contributed by atoms with Gasteiger partial charge in [-0.05, 0) is 43.2 Å². The smallest absolute Gasteiger partial charge is 0.270 e. The quantitative estimate of drug-likeness (QED) is 0.585. The molecule has 1 saturated heterocycles. The summed E-state index contributed by atoms with van der Waals surface area (Å²) < 4.78 is 0. The Morgan fingerprint density at radius 1 is 1.22 bits per heavy atom. The monoisotopic (exact) mass is 359 g/mol. The van der Waals surface area contributed by atoms with Gasteiger partial charge in [0.2, 0.25) is 0 Å². The zero-order chi connectivity index (χ0) is 18.4. The lowest BCUT2D eigenvalue weighted by Gasteiger charge is -2.40. The maximum absolute atomic E-state index is 13.0. The number of hydrogen-bond donors (Lipinski definition) is 2. The number of aryl methyl sites for hydroxylation is 1. The molecule has 0 radical (unpaired) electrons. The molecular weight excluding hydrogens is 342 g/mol. The molecule has 5 rings (SSSR count). The van der Waals surface area contributed by atoms with E-state index in [2.05, 4.69) is 30.4 Å². The normalized spacial score (nSPS) is 16.5. The average Bonchev–Trinajstić information content (AvgIpc) is 3.27. The van der Waals surface area contributed by atoms with Crippen LogP contribution in [0.4, 0.5) is 0 Å². The number of nitrogens with zero attached hydrogens (tertiary/aromatic N) is 5. The fraction of sp³-hybridized carbons (Fsp3) is 0.211. The number of amides is 1. The number of aromatic amines is 2. The van der Waals surface area contributed by atoms with E-state index in [-0.39, 0.29) is 11.9 Å². The summed E-state index contributed by atoms with van der Waals surface area (Å²) in [6.07, 6.45) is 6.06. The van der Waals surface area contributed by atoms with Gasteiger partial charge in [-0.3, -0.25) is 9.89 Å². The van der Waals surface area contributed by atoms with Gasteiger partial charge in [0.1, 0.15) is 11.3 Å². The first-order valence-corrected chi connectivity index (χ1v) is 8.78. The molecule has 0 saturated carbocycles. The van der Waals surface area contributed by atoms with Crippen LogP contribution >= 0.6 is 0 Å². The predicted octanol–water partition coefficient (Wildman–Crippen LogP) is 2.64. The number of rotatable bonds is 3. The SMILES string of the molecule is Cc1[nH]ncc1-c1ccc2cc(C(=O)N3CC[C@@H]3c3ccnnc3)[nH]c2n1. The van der Waals surface area contributed by atoms with Gasteiger partial charge in [-0.25, -0.2) is 4.98 Å². The van der Waals surface area contributed by atoms with Crippen molar-refractivity contribution in [2.45, 2.75) is 19.4 Å². The third-order valence-electron chi connectivity index (χ3n) is 5.09. The van der Waals surface area contributed by atoms with Crippen LogP contribution in [-0.2, 0) is 0 Å². The number of fused-ring (bicyclic) bond motifs is 1. The van der Waals surface area contributed by atoms with E-state index in [9.17, 15) is 4.79 Å². The molecule has 8 heteroatoms. The van der Waals surface area contributed by atoms with E-state index >= 15 is 0 Å². The standard InChI is InChI=1S/C19H17N7O/c1-11-14(10-22-25-11)15-3-2-12-8-16(24-18(12)23-15)19(27)26-7-5-17(26)13-4-6-20-21-9-13/h2-4,6,8-10,17H,5,7H2,1H3,(H,22,25)(H,23,24)/t17-/m1/s1. The average molecular weight is 359 g/mol. The number of H-pyrrole nitrogens is 2. The highest BCUT2D eigenvalue weighted by molar-refractivity contribution is 5.98. The molecule has 1 fully saturated rings. The third kappa shape index (κ3) is 2.57. The minimum Gasteiger partial charge on any atom is -0.335 e. The molecular formula is C19H17N7O. The molecule has 0 bridgehead atoms. The van der Waals surface area contributed by atoms with Gasteiger partial charge in [0.15, 0.2) is 0 Å². The maximum atomic E-state index is 13.0. The first-order chi connectivity index (χ1) is 13.2. The van der Waals surface area contributed by atoms with Gasteiger partial charge in [0.05, 0.1) is 24.1 Å². The van der Waals surface area contributed by atoms with Crippen molar-refractivity contribution < 1.29 is 4.79 Å². The first kappa shape index (κ1) is 15.7. The maximum Gasteiger partial charge on any atom is 0.270 e. The van der Waals surface area contributed by atoms with E-state index in [1.54, 1.807) is 18.6 Å². The predicted molar refractivity (Wildman–Crippen MR) is 98.8 cm³/mol. The Morgan fingerprint density at radius 2 is 2.15 bits per heavy atom. The van der Waals surface area contributed by atoms with Crippen molar-refractivity contribution in [3.05, 3.63) is 59.8 Å². The molecule has 0 spiro atoms.